The van der Waals surface area contributed by atoms with Gasteiger partial charge in [0.2, 0.25) is 0 Å². The second-order valence-corrected chi connectivity index (χ2v) is 5.00. The molecule has 0 radical (unpaired) electrons. The molecule has 1 atom stereocenters. The number of piperidine rings is 1. The number of aryl methyl sites for hydroxylation is 1. The second kappa shape index (κ2) is 4.54. The van der Waals surface area contributed by atoms with Crippen LogP contribution in [0.2, 0.25) is 0 Å². The first-order valence-electron chi connectivity index (χ1n) is 5.38. The molecular formula is C12H16BrNO. The maximum atomic E-state index is 9.61. The molecule has 1 unspecified atom stereocenters. The highest BCUT2D eigenvalue weighted by molar-refractivity contribution is 9.10. The van der Waals surface area contributed by atoms with Gasteiger partial charge in [0.1, 0.15) is 5.75 Å². The Balaban J connectivity index is 2.33. The molecule has 1 heterocycles. The van der Waals surface area contributed by atoms with Crippen molar-refractivity contribution in [3.8, 4) is 5.75 Å². The van der Waals surface area contributed by atoms with E-state index in [4.69, 9.17) is 0 Å². The van der Waals surface area contributed by atoms with E-state index >= 15 is 0 Å². The van der Waals surface area contributed by atoms with Crippen LogP contribution in [0.3, 0.4) is 0 Å². The lowest BCUT2D eigenvalue weighted by Gasteiger charge is -2.24. The van der Waals surface area contributed by atoms with Crippen molar-refractivity contribution in [3.05, 3.63) is 27.7 Å². The summed E-state index contributed by atoms with van der Waals surface area (Å²) in [6.07, 6.45) is 2.42. The van der Waals surface area contributed by atoms with Crippen LogP contribution in [0.4, 0.5) is 0 Å². The van der Waals surface area contributed by atoms with E-state index in [2.05, 4.69) is 21.2 Å². The minimum absolute atomic E-state index is 0.372. The standard InChI is InChI=1S/C12H16BrNO/c1-8-5-10(15)6-11(12(8)13)9-3-2-4-14-7-9/h5-6,9,14-15H,2-4,7H2,1H3. The first kappa shape index (κ1) is 11.0. The molecule has 0 bridgehead atoms. The molecule has 3 heteroatoms. The lowest BCUT2D eigenvalue weighted by atomic mass is 9.90. The van der Waals surface area contributed by atoms with Gasteiger partial charge in [-0.2, -0.15) is 0 Å². The fourth-order valence-electron chi connectivity index (χ4n) is 2.19. The van der Waals surface area contributed by atoms with Crippen LogP contribution >= 0.6 is 15.9 Å². The van der Waals surface area contributed by atoms with Crippen LogP contribution in [-0.4, -0.2) is 18.2 Å². The Morgan fingerprint density at radius 2 is 2.27 bits per heavy atom. The summed E-state index contributed by atoms with van der Waals surface area (Å²) in [5.41, 5.74) is 2.34. The molecule has 82 valence electrons. The van der Waals surface area contributed by atoms with Gasteiger partial charge in [0.25, 0.3) is 0 Å². The van der Waals surface area contributed by atoms with Crippen molar-refractivity contribution in [1.82, 2.24) is 5.32 Å². The number of benzene rings is 1. The first-order valence-corrected chi connectivity index (χ1v) is 6.17. The topological polar surface area (TPSA) is 32.3 Å². The molecule has 1 aliphatic rings. The molecule has 0 aliphatic carbocycles. The fourth-order valence-corrected chi connectivity index (χ4v) is 2.74. The molecule has 2 N–H and O–H groups in total. The molecule has 0 saturated carbocycles. The van der Waals surface area contributed by atoms with Gasteiger partial charge >= 0.3 is 0 Å². The zero-order chi connectivity index (χ0) is 10.8. The number of phenolic OH excluding ortho intramolecular Hbond substituents is 1. The van der Waals surface area contributed by atoms with Gasteiger partial charge in [0.05, 0.1) is 0 Å². The maximum Gasteiger partial charge on any atom is 0.116 e. The van der Waals surface area contributed by atoms with Crippen LogP contribution in [-0.2, 0) is 0 Å². The van der Waals surface area contributed by atoms with E-state index in [0.29, 0.717) is 11.7 Å². The van der Waals surface area contributed by atoms with E-state index in [-0.39, 0.29) is 0 Å². The minimum Gasteiger partial charge on any atom is -0.508 e. The minimum atomic E-state index is 0.372. The number of phenols is 1. The van der Waals surface area contributed by atoms with Crippen LogP contribution in [0.5, 0.6) is 5.75 Å². The van der Waals surface area contributed by atoms with Crippen molar-refractivity contribution in [3.63, 3.8) is 0 Å². The Morgan fingerprint density at radius 3 is 2.93 bits per heavy atom. The number of rotatable bonds is 1. The zero-order valence-corrected chi connectivity index (χ0v) is 10.5. The van der Waals surface area contributed by atoms with Gasteiger partial charge in [0.15, 0.2) is 0 Å². The fraction of sp³-hybridized carbons (Fsp3) is 0.500. The monoisotopic (exact) mass is 269 g/mol. The largest absolute Gasteiger partial charge is 0.508 e. The number of hydrogen-bond donors (Lipinski definition) is 2. The Labute approximate surface area is 98.8 Å². The lowest BCUT2D eigenvalue weighted by molar-refractivity contribution is 0.451. The van der Waals surface area contributed by atoms with Crippen LogP contribution in [0.25, 0.3) is 0 Å². The predicted molar refractivity (Wildman–Crippen MR) is 65.4 cm³/mol. The van der Waals surface area contributed by atoms with Crippen LogP contribution in [0, 0.1) is 6.92 Å². The quantitative estimate of drug-likeness (QED) is 0.822. The Morgan fingerprint density at radius 1 is 1.47 bits per heavy atom. The van der Waals surface area contributed by atoms with Crippen molar-refractivity contribution in [2.24, 2.45) is 0 Å². The summed E-state index contributed by atoms with van der Waals surface area (Å²) in [5.74, 6) is 0.898. The highest BCUT2D eigenvalue weighted by Crippen LogP contribution is 2.34. The summed E-state index contributed by atoms with van der Waals surface area (Å²) >= 11 is 3.61. The number of hydrogen-bond acceptors (Lipinski definition) is 2. The van der Waals surface area contributed by atoms with Gasteiger partial charge < -0.3 is 10.4 Å². The van der Waals surface area contributed by atoms with Gasteiger partial charge in [0, 0.05) is 11.0 Å². The summed E-state index contributed by atoms with van der Waals surface area (Å²) in [6.45, 7) is 4.15. The van der Waals surface area contributed by atoms with Gasteiger partial charge in [-0.25, -0.2) is 0 Å². The Hall–Kier alpha value is -0.540. The summed E-state index contributed by atoms with van der Waals surface area (Å²) < 4.78 is 1.15. The molecular weight excluding hydrogens is 254 g/mol. The van der Waals surface area contributed by atoms with Gasteiger partial charge in [-0.05, 0) is 55.5 Å². The summed E-state index contributed by atoms with van der Waals surface area (Å²) in [4.78, 5) is 0. The highest BCUT2D eigenvalue weighted by atomic mass is 79.9. The van der Waals surface area contributed by atoms with Crippen molar-refractivity contribution < 1.29 is 5.11 Å². The molecule has 2 nitrogen and oxygen atoms in total. The first-order chi connectivity index (χ1) is 7.18. The van der Waals surface area contributed by atoms with Crippen molar-refractivity contribution in [2.75, 3.05) is 13.1 Å². The van der Waals surface area contributed by atoms with Crippen molar-refractivity contribution in [2.45, 2.75) is 25.7 Å². The average Bonchev–Trinajstić information content (AvgIpc) is 2.24. The normalized spacial score (nSPS) is 21.6. The average molecular weight is 270 g/mol. The molecule has 1 fully saturated rings. The van der Waals surface area contributed by atoms with E-state index in [0.717, 1.165) is 23.1 Å². The van der Waals surface area contributed by atoms with Crippen molar-refractivity contribution in [1.29, 1.82) is 0 Å². The van der Waals surface area contributed by atoms with Crippen LogP contribution < -0.4 is 5.32 Å². The van der Waals surface area contributed by atoms with E-state index in [1.165, 1.54) is 18.4 Å². The number of halogens is 1. The molecule has 0 aromatic heterocycles. The summed E-state index contributed by atoms with van der Waals surface area (Å²) in [7, 11) is 0. The number of nitrogens with one attached hydrogen (secondary N) is 1. The third-order valence-corrected chi connectivity index (χ3v) is 4.09. The summed E-state index contributed by atoms with van der Waals surface area (Å²) in [5, 5.41) is 13.0. The van der Waals surface area contributed by atoms with Crippen LogP contribution in [0.1, 0.15) is 29.9 Å². The van der Waals surface area contributed by atoms with E-state index in [1.807, 2.05) is 13.0 Å². The van der Waals surface area contributed by atoms with Gasteiger partial charge in [-0.1, -0.05) is 15.9 Å². The molecule has 15 heavy (non-hydrogen) atoms. The molecule has 1 saturated heterocycles. The molecule has 0 amide bonds. The molecule has 2 rings (SSSR count). The van der Waals surface area contributed by atoms with Crippen molar-refractivity contribution >= 4 is 15.9 Å². The number of aromatic hydroxyl groups is 1. The molecule has 1 aromatic carbocycles. The molecule has 1 aromatic rings. The Bertz CT molecular complexity index is 359. The third kappa shape index (κ3) is 2.34. The Kier molecular flexibility index (Phi) is 3.32. The van der Waals surface area contributed by atoms with Gasteiger partial charge in [-0.3, -0.25) is 0 Å². The third-order valence-electron chi connectivity index (χ3n) is 3.00. The maximum absolute atomic E-state index is 9.61. The van der Waals surface area contributed by atoms with E-state index < -0.39 is 0 Å². The van der Waals surface area contributed by atoms with Crippen LogP contribution in [0.15, 0.2) is 16.6 Å². The SMILES string of the molecule is Cc1cc(O)cc(C2CCCNC2)c1Br. The van der Waals surface area contributed by atoms with E-state index in [1.54, 1.807) is 6.07 Å². The highest BCUT2D eigenvalue weighted by Gasteiger charge is 2.19. The molecule has 0 spiro atoms. The second-order valence-electron chi connectivity index (χ2n) is 4.21. The predicted octanol–water partition coefficient (Wildman–Crippen LogP) is 2.93. The van der Waals surface area contributed by atoms with Gasteiger partial charge in [-0.15, -0.1) is 0 Å². The van der Waals surface area contributed by atoms with E-state index in [9.17, 15) is 5.11 Å². The smallest absolute Gasteiger partial charge is 0.116 e. The summed E-state index contributed by atoms with van der Waals surface area (Å²) in [6, 6.07) is 3.68. The lowest BCUT2D eigenvalue weighted by Crippen LogP contribution is -2.28. The molecule has 1 aliphatic heterocycles. The zero-order valence-electron chi connectivity index (χ0n) is 8.89.